The van der Waals surface area contributed by atoms with E-state index in [0.717, 1.165) is 34.0 Å². The summed E-state index contributed by atoms with van der Waals surface area (Å²) < 4.78 is 14.6. The zero-order valence-electron chi connectivity index (χ0n) is 18.5. The Bertz CT molecular complexity index is 1150. The van der Waals surface area contributed by atoms with Gasteiger partial charge in [0.15, 0.2) is 11.6 Å². The van der Waals surface area contributed by atoms with Crippen LogP contribution < -0.4 is 14.8 Å². The average molecular weight is 516 g/mol. The van der Waals surface area contributed by atoms with Crippen LogP contribution in [0.15, 0.2) is 51.9 Å². The van der Waals surface area contributed by atoms with Crippen molar-refractivity contribution >= 4 is 39.6 Å². The van der Waals surface area contributed by atoms with E-state index in [4.69, 9.17) is 9.26 Å². The second-order valence-corrected chi connectivity index (χ2v) is 8.82. The number of amides is 1. The van der Waals surface area contributed by atoms with E-state index in [0.29, 0.717) is 17.2 Å². The van der Waals surface area contributed by atoms with Gasteiger partial charge in [0.1, 0.15) is 5.75 Å². The highest BCUT2D eigenvalue weighted by atomic mass is 79.9. The van der Waals surface area contributed by atoms with Crippen LogP contribution in [-0.2, 0) is 11.8 Å². The Morgan fingerprint density at radius 2 is 2.03 bits per heavy atom. The summed E-state index contributed by atoms with van der Waals surface area (Å²) in [5, 5.41) is 6.96. The Morgan fingerprint density at radius 1 is 1.28 bits per heavy atom. The van der Waals surface area contributed by atoms with E-state index in [1.165, 1.54) is 23.9 Å². The van der Waals surface area contributed by atoms with E-state index in [1.807, 2.05) is 11.9 Å². The van der Waals surface area contributed by atoms with Crippen LogP contribution in [0.25, 0.3) is 11.3 Å². The van der Waals surface area contributed by atoms with Crippen LogP contribution in [0.1, 0.15) is 34.8 Å². The molecule has 6 nitrogen and oxygen atoms in total. The molecule has 8 heteroatoms. The number of methoxy groups -OCH3 is 1. The highest BCUT2D eigenvalue weighted by Crippen LogP contribution is 2.62. The number of halogens is 1. The lowest BCUT2D eigenvalue weighted by Gasteiger charge is -2.25. The Balaban J connectivity index is 0.00000119. The summed E-state index contributed by atoms with van der Waals surface area (Å²) in [6.45, 7) is 2.32. The van der Waals surface area contributed by atoms with Crippen molar-refractivity contribution in [2.24, 2.45) is 5.92 Å². The predicted octanol–water partition coefficient (Wildman–Crippen LogP) is 5.67. The zero-order chi connectivity index (χ0) is 22.9. The van der Waals surface area contributed by atoms with Gasteiger partial charge in [-0.1, -0.05) is 52.3 Å². The van der Waals surface area contributed by atoms with Gasteiger partial charge in [0, 0.05) is 29.2 Å². The fraction of sp³-hybridized carbons (Fsp3) is 0.333. The van der Waals surface area contributed by atoms with Gasteiger partial charge < -0.3 is 19.3 Å². The molecule has 2 aromatic carbocycles. The highest BCUT2D eigenvalue weighted by Gasteiger charge is 2.56. The van der Waals surface area contributed by atoms with E-state index in [-0.39, 0.29) is 11.3 Å². The van der Waals surface area contributed by atoms with Gasteiger partial charge >= 0.3 is 0 Å². The number of carbonyl (C=O) groups is 1. The van der Waals surface area contributed by atoms with Crippen molar-refractivity contribution in [1.29, 1.82) is 0 Å². The first-order valence-electron chi connectivity index (χ1n) is 10.4. The van der Waals surface area contributed by atoms with Crippen molar-refractivity contribution in [3.8, 4) is 17.1 Å². The van der Waals surface area contributed by atoms with E-state index in [9.17, 15) is 4.79 Å². The van der Waals surface area contributed by atoms with Gasteiger partial charge in [-0.05, 0) is 60.3 Å². The number of rotatable bonds is 5. The molecule has 2 aliphatic rings. The number of fused-ring (bicyclic) bond motifs is 4. The summed E-state index contributed by atoms with van der Waals surface area (Å²) in [6.07, 6.45) is 2.12. The molecule has 2 atom stereocenters. The Morgan fingerprint density at radius 3 is 2.72 bits per heavy atom. The molecule has 0 saturated heterocycles. The van der Waals surface area contributed by atoms with Gasteiger partial charge in [-0.15, -0.1) is 0 Å². The Hall–Kier alpha value is -2.45. The summed E-state index contributed by atoms with van der Waals surface area (Å²) >= 11 is 4.34. The molecule has 1 heterocycles. The maximum atomic E-state index is 11.9. The minimum absolute atomic E-state index is 0.147. The number of aromatic nitrogens is 1. The van der Waals surface area contributed by atoms with Gasteiger partial charge in [-0.2, -0.15) is 0 Å². The van der Waals surface area contributed by atoms with Crippen LogP contribution in [0.3, 0.4) is 0 Å². The van der Waals surface area contributed by atoms with Gasteiger partial charge in [0.05, 0.1) is 12.0 Å². The molecule has 2 N–H and O–H groups in total. The maximum absolute atomic E-state index is 11.9. The molecule has 1 amide bonds. The number of nitrogens with zero attached hydrogens (tertiary/aromatic N) is 1. The summed E-state index contributed by atoms with van der Waals surface area (Å²) in [5.74, 6) is 4.56. The molecular formula is C24H26BrN3O3S. The van der Waals surface area contributed by atoms with Gasteiger partial charge in [-0.25, -0.2) is 0 Å². The van der Waals surface area contributed by atoms with Crippen LogP contribution in [0.2, 0.25) is 0 Å². The van der Waals surface area contributed by atoms with Crippen molar-refractivity contribution in [3.05, 3.63) is 59.2 Å². The van der Waals surface area contributed by atoms with Crippen molar-refractivity contribution in [3.63, 3.8) is 0 Å². The summed E-state index contributed by atoms with van der Waals surface area (Å²) in [6, 6.07) is 13.9. The van der Waals surface area contributed by atoms with Gasteiger partial charge in [-0.3, -0.25) is 4.79 Å². The number of ether oxygens (including phenoxy) is 1. The van der Waals surface area contributed by atoms with Crippen LogP contribution in [-0.4, -0.2) is 31.1 Å². The molecular weight excluding hydrogens is 490 g/mol. The fourth-order valence-corrected chi connectivity index (χ4v) is 5.29. The third kappa shape index (κ3) is 3.79. The third-order valence-corrected chi connectivity index (χ3v) is 7.21. The maximum Gasteiger partial charge on any atom is 0.251 e. The van der Waals surface area contributed by atoms with Crippen molar-refractivity contribution < 1.29 is 14.1 Å². The molecule has 0 radical (unpaired) electrons. The molecule has 2 aliphatic carbocycles. The van der Waals surface area contributed by atoms with Crippen molar-refractivity contribution in [1.82, 2.24) is 10.5 Å². The molecule has 1 aromatic heterocycles. The van der Waals surface area contributed by atoms with Crippen molar-refractivity contribution in [2.45, 2.75) is 30.1 Å². The number of anilines is 1. The number of benzene rings is 2. The fourth-order valence-electron chi connectivity index (χ4n) is 4.54. The second-order valence-electron chi connectivity index (χ2n) is 7.97. The normalized spacial score (nSPS) is 19.8. The molecule has 0 bridgehead atoms. The molecule has 1 fully saturated rings. The first-order valence-corrected chi connectivity index (χ1v) is 12.8. The molecule has 2 unspecified atom stereocenters. The lowest BCUT2D eigenvalue weighted by molar-refractivity contribution is 0.0962. The van der Waals surface area contributed by atoms with E-state index >= 15 is 0 Å². The molecule has 5 rings (SSSR count). The van der Waals surface area contributed by atoms with Gasteiger partial charge in [0.25, 0.3) is 5.91 Å². The summed E-state index contributed by atoms with van der Waals surface area (Å²) in [7, 11) is 3.21. The van der Waals surface area contributed by atoms with Crippen LogP contribution >= 0.6 is 27.9 Å². The number of nitrogens with one attached hydrogen (secondary N) is 2. The number of hydrogen-bond acceptors (Lipinski definition) is 6. The predicted molar refractivity (Wildman–Crippen MR) is 132 cm³/mol. The first kappa shape index (κ1) is 22.7. The smallest absolute Gasteiger partial charge is 0.251 e. The van der Waals surface area contributed by atoms with E-state index in [2.05, 4.69) is 62.3 Å². The average Bonchev–Trinajstić information content (AvgIpc) is 3.30. The lowest BCUT2D eigenvalue weighted by atomic mass is 9.78. The summed E-state index contributed by atoms with van der Waals surface area (Å²) in [4.78, 5) is 12.7. The van der Waals surface area contributed by atoms with Crippen molar-refractivity contribution in [2.75, 3.05) is 24.7 Å². The Kier molecular flexibility index (Phi) is 6.53. The second kappa shape index (κ2) is 9.19. The SMILES string of the molecule is CBr.CNC(=O)c1ccc(SNc2noc3c2CC2(CC2C)c2ccccc2-3)c(OC)c1. The zero-order valence-corrected chi connectivity index (χ0v) is 20.9. The molecule has 1 spiro atoms. The standard InChI is InChI=1S/C23H23N3O3S.CH3Br/c1-13-11-23(13)12-16-20(15-6-4-5-7-17(15)23)29-25-21(16)26-30-19-9-8-14(22(27)24-2)10-18(19)28-3;1-2/h4-10,13H,11-12H2,1-3H3,(H,24,27)(H,25,26);1H3. The topological polar surface area (TPSA) is 76.4 Å². The monoisotopic (exact) mass is 515 g/mol. The third-order valence-electron chi connectivity index (χ3n) is 6.35. The van der Waals surface area contributed by atoms with E-state index < -0.39 is 0 Å². The molecule has 1 saturated carbocycles. The van der Waals surface area contributed by atoms with Crippen LogP contribution in [0.4, 0.5) is 5.82 Å². The number of alkyl halides is 1. The van der Waals surface area contributed by atoms with E-state index in [1.54, 1.807) is 26.3 Å². The first-order chi connectivity index (χ1) is 15.6. The van der Waals surface area contributed by atoms with Crippen LogP contribution in [0.5, 0.6) is 5.75 Å². The quantitative estimate of drug-likeness (QED) is 0.336. The van der Waals surface area contributed by atoms with Gasteiger partial charge in [0.2, 0.25) is 0 Å². The lowest BCUT2D eigenvalue weighted by Crippen LogP contribution is -2.19. The largest absolute Gasteiger partial charge is 0.495 e. The highest BCUT2D eigenvalue weighted by molar-refractivity contribution is 9.08. The minimum atomic E-state index is -0.147. The summed E-state index contributed by atoms with van der Waals surface area (Å²) in [5.41, 5.74) is 4.42. The molecule has 32 heavy (non-hydrogen) atoms. The molecule has 3 aromatic rings. The number of carbonyl (C=O) groups excluding carboxylic acids is 1. The molecule has 0 aliphatic heterocycles. The Labute approximate surface area is 200 Å². The number of hydrogen-bond donors (Lipinski definition) is 2. The molecule has 168 valence electrons. The van der Waals surface area contributed by atoms with Crippen LogP contribution in [0, 0.1) is 5.92 Å². The minimum Gasteiger partial charge on any atom is -0.495 e.